The molecule has 0 saturated heterocycles. The van der Waals surface area contributed by atoms with Crippen LogP contribution in [0.5, 0.6) is 0 Å². The van der Waals surface area contributed by atoms with E-state index in [2.05, 4.69) is 43.3 Å². The van der Waals surface area contributed by atoms with E-state index >= 15 is 0 Å². The van der Waals surface area contributed by atoms with Gasteiger partial charge >= 0.3 is 11.0 Å². The molecule has 17 heteroatoms. The summed E-state index contributed by atoms with van der Waals surface area (Å²) in [5, 5.41) is 6.16. The van der Waals surface area contributed by atoms with Gasteiger partial charge in [-0.2, -0.15) is 26.3 Å². The Labute approximate surface area is 236 Å². The summed E-state index contributed by atoms with van der Waals surface area (Å²) in [5.74, 6) is 0. The lowest BCUT2D eigenvalue weighted by molar-refractivity contribution is -0.0444. The summed E-state index contributed by atoms with van der Waals surface area (Å²) < 4.78 is 109. The summed E-state index contributed by atoms with van der Waals surface area (Å²) in [4.78, 5) is 0. The normalized spacial score (nSPS) is 13.0. The van der Waals surface area contributed by atoms with Gasteiger partial charge in [0, 0.05) is 15.1 Å². The Bertz CT molecular complexity index is 1330. The van der Waals surface area contributed by atoms with E-state index in [0.29, 0.717) is 0 Å². The fraction of sp³-hybridized carbons (Fsp3) is 0.182. The Kier molecular flexibility index (Phi) is 10.8. The molecule has 0 amide bonds. The molecule has 0 aliphatic heterocycles. The number of halogens is 9. The standard InChI is InChI=1S/C20H17Cl3P.C2F6NO4S2/c1-2-24(18-9-3-15(21)4-10-18,19-11-5-16(22)6-12-19)20-13-7-17(23)8-14-20;3-1(4,5)14(10,11)9-15(12,13)2(6,7)8/h3-14H,2H2,1H3;/q+1;-1. The summed E-state index contributed by atoms with van der Waals surface area (Å²) in [5.41, 5.74) is -12.4. The average molecular weight is 675 g/mol. The SMILES string of the molecule is CC[P+](c1ccc(Cl)cc1)(c1ccc(Cl)cc1)c1ccc(Cl)cc1.O=S(=O)([N-]S(=O)(=O)C(F)(F)F)C(F)(F)F. The molecule has 0 saturated carbocycles. The van der Waals surface area contributed by atoms with Crippen molar-refractivity contribution in [2.45, 2.75) is 17.9 Å². The number of hydrogen-bond donors (Lipinski definition) is 0. The molecule has 3 aromatic carbocycles. The first kappa shape index (κ1) is 33.6. The van der Waals surface area contributed by atoms with Crippen LogP contribution in [0.4, 0.5) is 26.3 Å². The maximum atomic E-state index is 11.4. The van der Waals surface area contributed by atoms with Crippen molar-refractivity contribution >= 4 is 78.0 Å². The van der Waals surface area contributed by atoms with Gasteiger partial charge in [0.1, 0.15) is 23.2 Å². The zero-order chi connectivity index (χ0) is 29.9. The molecule has 214 valence electrons. The second kappa shape index (κ2) is 12.5. The smallest absolute Gasteiger partial charge is 0.421 e. The number of rotatable bonds is 6. The highest BCUT2D eigenvalue weighted by molar-refractivity contribution is 8.13. The first-order chi connectivity index (χ1) is 17.8. The maximum Gasteiger partial charge on any atom is 0.480 e. The first-order valence-corrected chi connectivity index (χ1v) is 16.3. The molecule has 0 aliphatic rings. The molecule has 3 rings (SSSR count). The van der Waals surface area contributed by atoms with Crippen LogP contribution in [0, 0.1) is 0 Å². The van der Waals surface area contributed by atoms with Crippen LogP contribution in [0.3, 0.4) is 0 Å². The largest absolute Gasteiger partial charge is 0.480 e. The predicted molar refractivity (Wildman–Crippen MR) is 144 cm³/mol. The molecule has 0 N–H and O–H groups in total. The minimum Gasteiger partial charge on any atom is -0.421 e. The Hall–Kier alpha value is -1.60. The van der Waals surface area contributed by atoms with E-state index in [1.807, 2.05) is 36.4 Å². The van der Waals surface area contributed by atoms with Crippen LogP contribution >= 0.6 is 42.1 Å². The second-order valence-electron chi connectivity index (χ2n) is 7.47. The van der Waals surface area contributed by atoms with Gasteiger partial charge in [0.15, 0.2) is 20.0 Å². The van der Waals surface area contributed by atoms with Gasteiger partial charge in [0.2, 0.25) is 0 Å². The molecule has 0 atom stereocenters. The first-order valence-electron chi connectivity index (χ1n) is 10.3. The van der Waals surface area contributed by atoms with E-state index in [1.54, 1.807) is 0 Å². The molecule has 0 radical (unpaired) electrons. The van der Waals surface area contributed by atoms with Crippen LogP contribution in [0.25, 0.3) is 4.13 Å². The Morgan fingerprint density at radius 1 is 0.590 bits per heavy atom. The zero-order valence-corrected chi connectivity index (χ0v) is 24.2. The van der Waals surface area contributed by atoms with Gasteiger partial charge in [-0.1, -0.05) is 34.8 Å². The van der Waals surface area contributed by atoms with E-state index in [1.165, 1.54) is 15.9 Å². The molecule has 5 nitrogen and oxygen atoms in total. The highest BCUT2D eigenvalue weighted by Gasteiger charge is 2.47. The van der Waals surface area contributed by atoms with Crippen molar-refractivity contribution in [1.82, 2.24) is 0 Å². The van der Waals surface area contributed by atoms with E-state index < -0.39 is 38.3 Å². The van der Waals surface area contributed by atoms with E-state index in [-0.39, 0.29) is 0 Å². The van der Waals surface area contributed by atoms with Gasteiger partial charge in [0.05, 0.1) is 6.16 Å². The molecule has 0 aromatic heterocycles. The van der Waals surface area contributed by atoms with Gasteiger partial charge in [0.25, 0.3) is 0 Å². The van der Waals surface area contributed by atoms with Crippen molar-refractivity contribution in [2.75, 3.05) is 6.16 Å². The molecule has 39 heavy (non-hydrogen) atoms. The fourth-order valence-corrected chi connectivity index (χ4v) is 9.35. The van der Waals surface area contributed by atoms with Crippen molar-refractivity contribution in [3.63, 3.8) is 0 Å². The van der Waals surface area contributed by atoms with Crippen molar-refractivity contribution in [1.29, 1.82) is 0 Å². The molecule has 0 heterocycles. The van der Waals surface area contributed by atoms with E-state index in [0.717, 1.165) is 25.4 Å². The van der Waals surface area contributed by atoms with Gasteiger partial charge < -0.3 is 4.13 Å². The lowest BCUT2D eigenvalue weighted by Crippen LogP contribution is -2.32. The summed E-state index contributed by atoms with van der Waals surface area (Å²) >= 11 is 18.3. The maximum absolute atomic E-state index is 11.4. The summed E-state index contributed by atoms with van der Waals surface area (Å²) in [6.07, 6.45) is 1.01. The van der Waals surface area contributed by atoms with Crippen LogP contribution in [0.2, 0.25) is 15.1 Å². The number of hydrogen-bond acceptors (Lipinski definition) is 4. The third kappa shape index (κ3) is 8.00. The molecular weight excluding hydrogens is 658 g/mol. The number of sulfonamides is 2. The Balaban J connectivity index is 0.000000309. The highest BCUT2D eigenvalue weighted by atomic mass is 35.5. The number of benzene rings is 3. The van der Waals surface area contributed by atoms with Crippen molar-refractivity contribution in [3.8, 4) is 0 Å². The van der Waals surface area contributed by atoms with Crippen LogP contribution < -0.4 is 15.9 Å². The number of nitrogens with zero attached hydrogens (tertiary/aromatic N) is 1. The van der Waals surface area contributed by atoms with Gasteiger partial charge in [-0.25, -0.2) is 16.8 Å². The lowest BCUT2D eigenvalue weighted by Gasteiger charge is -2.26. The molecule has 0 spiro atoms. The molecule has 0 unspecified atom stereocenters. The minimum absolute atomic E-state index is 0.750. The van der Waals surface area contributed by atoms with Gasteiger partial charge in [-0.3, -0.25) is 0 Å². The summed E-state index contributed by atoms with van der Waals surface area (Å²) in [6, 6.07) is 24.6. The third-order valence-corrected chi connectivity index (χ3v) is 13.0. The monoisotopic (exact) mass is 673 g/mol. The van der Waals surface area contributed by atoms with Crippen LogP contribution in [0.1, 0.15) is 6.92 Å². The Morgan fingerprint density at radius 3 is 1.00 bits per heavy atom. The molecule has 0 aliphatic carbocycles. The van der Waals surface area contributed by atoms with E-state index in [4.69, 9.17) is 34.8 Å². The Morgan fingerprint density at radius 2 is 0.821 bits per heavy atom. The minimum atomic E-state index is -6.72. The van der Waals surface area contributed by atoms with Crippen molar-refractivity contribution in [2.24, 2.45) is 0 Å². The third-order valence-electron chi connectivity index (χ3n) is 5.06. The van der Waals surface area contributed by atoms with Gasteiger partial charge in [-0.05, 0) is 79.7 Å². The molecular formula is C22H17Cl3F6NO4PS2. The van der Waals surface area contributed by atoms with Gasteiger partial charge in [-0.15, -0.1) is 0 Å². The van der Waals surface area contributed by atoms with Crippen molar-refractivity contribution in [3.05, 3.63) is 92.0 Å². The van der Waals surface area contributed by atoms with Crippen LogP contribution in [-0.2, 0) is 20.0 Å². The fourth-order valence-electron chi connectivity index (χ4n) is 3.30. The lowest BCUT2D eigenvalue weighted by atomic mass is 10.3. The van der Waals surface area contributed by atoms with Crippen molar-refractivity contribution < 1.29 is 43.2 Å². The summed E-state index contributed by atoms with van der Waals surface area (Å²) in [7, 11) is -15.2. The average Bonchev–Trinajstić information content (AvgIpc) is 2.81. The highest BCUT2D eigenvalue weighted by Crippen LogP contribution is 2.55. The van der Waals surface area contributed by atoms with E-state index in [9.17, 15) is 43.2 Å². The second-order valence-corrected chi connectivity index (χ2v) is 16.0. The van der Waals surface area contributed by atoms with Crippen LogP contribution in [0.15, 0.2) is 72.8 Å². The zero-order valence-electron chi connectivity index (χ0n) is 19.4. The predicted octanol–water partition coefficient (Wildman–Crippen LogP) is 7.02. The summed E-state index contributed by atoms with van der Waals surface area (Å²) in [6.45, 7) is 2.24. The molecule has 0 bridgehead atoms. The quantitative estimate of drug-likeness (QED) is 0.208. The molecule has 3 aromatic rings. The molecule has 0 fully saturated rings. The van der Waals surface area contributed by atoms with Crippen LogP contribution in [-0.4, -0.2) is 34.0 Å². The topological polar surface area (TPSA) is 82.4 Å². The number of alkyl halides is 6.